The van der Waals surface area contributed by atoms with Crippen molar-refractivity contribution in [2.24, 2.45) is 0 Å². The molecule has 0 bridgehead atoms. The number of esters is 1. The van der Waals surface area contributed by atoms with Crippen molar-refractivity contribution in [3.63, 3.8) is 0 Å². The molecule has 0 aromatic heterocycles. The summed E-state index contributed by atoms with van der Waals surface area (Å²) < 4.78 is 134. The number of carboxylic acids is 1. The van der Waals surface area contributed by atoms with Crippen LogP contribution >= 0.6 is 0 Å². The lowest BCUT2D eigenvalue weighted by molar-refractivity contribution is -0.160. The van der Waals surface area contributed by atoms with Gasteiger partial charge in [0.2, 0.25) is 11.2 Å². The lowest BCUT2D eigenvalue weighted by Crippen LogP contribution is -2.45. The second kappa shape index (κ2) is 27.2. The first-order valence-corrected chi connectivity index (χ1v) is 26.8. The first-order valence-electron chi connectivity index (χ1n) is 26.8. The van der Waals surface area contributed by atoms with Crippen LogP contribution in [0.5, 0.6) is 23.0 Å². The van der Waals surface area contributed by atoms with Crippen molar-refractivity contribution >= 4 is 24.0 Å². The van der Waals surface area contributed by atoms with E-state index in [1.807, 2.05) is 0 Å². The SMILES string of the molecule is CCOC(=O)[C@](C)(Cc1ccc(OCC[C@H]2CN(Cc3ccc(C(F)(F)F)cc3)C(=O)N2C)cc1)Oc1ccccc1F.CN1C(=O)N(Cc2ccc(C(F)(F)F)cc2)C[C@@H]1CCOc1ccc(C[C@](C)(Oc2ccccc2F)C(=O)O)cc1. The van der Waals surface area contributed by atoms with Crippen LogP contribution < -0.4 is 18.9 Å². The molecule has 4 amide bonds. The molecule has 448 valence electrons. The number of likely N-dealkylation sites (N-methyl/N-ethyl adjacent to an activating group) is 2. The number of aliphatic carboxylic acids is 1. The third kappa shape index (κ3) is 16.6. The molecule has 84 heavy (non-hydrogen) atoms. The molecule has 2 heterocycles. The highest BCUT2D eigenvalue weighted by molar-refractivity contribution is 5.80. The van der Waals surface area contributed by atoms with Gasteiger partial charge >= 0.3 is 36.4 Å². The molecule has 6 aromatic carbocycles. The van der Waals surface area contributed by atoms with Gasteiger partial charge in [0.25, 0.3) is 0 Å². The van der Waals surface area contributed by atoms with E-state index in [1.54, 1.807) is 108 Å². The largest absolute Gasteiger partial charge is 0.494 e. The number of para-hydroxylation sites is 2. The van der Waals surface area contributed by atoms with Crippen molar-refractivity contribution in [2.45, 2.75) is 95.2 Å². The number of hydrogen-bond donors (Lipinski definition) is 1. The number of halogens is 8. The molecule has 2 aliphatic rings. The van der Waals surface area contributed by atoms with Crippen LogP contribution in [0.1, 0.15) is 67.0 Å². The summed E-state index contributed by atoms with van der Waals surface area (Å²) in [6, 6.07) is 34.3. The Hall–Kier alpha value is -8.56. The molecule has 22 heteroatoms. The van der Waals surface area contributed by atoms with Crippen LogP contribution in [0.2, 0.25) is 0 Å². The molecule has 0 aliphatic carbocycles. The van der Waals surface area contributed by atoms with E-state index >= 15 is 0 Å². The van der Waals surface area contributed by atoms with Crippen molar-refractivity contribution < 1.29 is 83.1 Å². The van der Waals surface area contributed by atoms with E-state index in [4.69, 9.17) is 23.7 Å². The fourth-order valence-corrected chi connectivity index (χ4v) is 9.48. The molecule has 2 aliphatic heterocycles. The standard InChI is InChI=1S/C32H34F4N2O5.C30H30F4N2O5/c1-4-41-29(39)31(2,43-28-8-6-5-7-27(28)33)19-22-11-15-26(16-12-22)42-18-17-25-21-38(30(40)37(25)3)20-23-9-13-24(14-10-23)32(34,35)36;1-29(27(37)38,41-26-6-4-3-5-25(26)31)17-20-9-13-24(14-10-20)40-16-15-23-19-36(28(39)35(23)2)18-21-7-11-22(12-8-21)30(32,33)34/h5-16,25H,4,17-21H2,1-3H3;3-14,23H,15-19H2,1-2H3,(H,37,38)/t25-,31-;23-,29-/m00/s1. The average molecular weight is 1180 g/mol. The number of nitrogens with zero attached hydrogens (tertiary/aromatic N) is 4. The van der Waals surface area contributed by atoms with E-state index in [2.05, 4.69) is 0 Å². The molecule has 0 unspecified atom stereocenters. The minimum atomic E-state index is -4.41. The Kier molecular flexibility index (Phi) is 20.4. The molecular weight excluding hydrogens is 1110 g/mol. The van der Waals surface area contributed by atoms with Crippen LogP contribution in [0.4, 0.5) is 44.7 Å². The Bertz CT molecular complexity index is 3190. The fourth-order valence-electron chi connectivity index (χ4n) is 9.48. The minimum Gasteiger partial charge on any atom is -0.494 e. The lowest BCUT2D eigenvalue weighted by Gasteiger charge is -2.28. The number of carbonyl (C=O) groups is 4. The van der Waals surface area contributed by atoms with Gasteiger partial charge in [-0.3, -0.25) is 0 Å². The summed E-state index contributed by atoms with van der Waals surface area (Å²) >= 11 is 0. The lowest BCUT2D eigenvalue weighted by atomic mass is 9.96. The third-order valence-corrected chi connectivity index (χ3v) is 14.3. The van der Waals surface area contributed by atoms with Crippen LogP contribution in [-0.4, -0.2) is 119 Å². The Morgan fingerprint density at radius 2 is 0.893 bits per heavy atom. The molecule has 8 rings (SSSR count). The van der Waals surface area contributed by atoms with Crippen LogP contribution in [0.15, 0.2) is 146 Å². The number of alkyl halides is 6. The molecule has 0 spiro atoms. The number of amides is 4. The Balaban J connectivity index is 0.000000241. The fraction of sp³-hybridized carbons (Fsp3) is 0.355. The summed E-state index contributed by atoms with van der Waals surface area (Å²) in [6.07, 6.45) is -7.63. The van der Waals surface area contributed by atoms with E-state index in [0.717, 1.165) is 29.8 Å². The van der Waals surface area contributed by atoms with Crippen molar-refractivity contribution in [3.8, 4) is 23.0 Å². The van der Waals surface area contributed by atoms with Gasteiger partial charge in [-0.15, -0.1) is 0 Å². The van der Waals surface area contributed by atoms with Gasteiger partial charge < -0.3 is 48.4 Å². The van der Waals surface area contributed by atoms with Crippen LogP contribution in [0, 0.1) is 11.6 Å². The Morgan fingerprint density at radius 3 is 1.25 bits per heavy atom. The Morgan fingerprint density at radius 1 is 0.536 bits per heavy atom. The second-order valence-electron chi connectivity index (χ2n) is 20.7. The zero-order chi connectivity index (χ0) is 61.0. The number of carbonyl (C=O) groups excluding carboxylic acids is 3. The number of ether oxygens (including phenoxy) is 5. The number of hydrogen-bond acceptors (Lipinski definition) is 9. The molecule has 4 atom stereocenters. The van der Waals surface area contributed by atoms with Crippen LogP contribution in [0.3, 0.4) is 0 Å². The zero-order valence-corrected chi connectivity index (χ0v) is 46.7. The van der Waals surface area contributed by atoms with Crippen LogP contribution in [-0.2, 0) is 52.6 Å². The molecule has 6 aromatic rings. The quantitative estimate of drug-likeness (QED) is 0.0486. The smallest absolute Gasteiger partial charge is 0.416 e. The monoisotopic (exact) mass is 1180 g/mol. The highest BCUT2D eigenvalue weighted by atomic mass is 19.4. The summed E-state index contributed by atoms with van der Waals surface area (Å²) in [7, 11) is 3.37. The third-order valence-electron chi connectivity index (χ3n) is 14.3. The molecule has 14 nitrogen and oxygen atoms in total. The first-order chi connectivity index (χ1) is 39.7. The topological polar surface area (TPSA) is 148 Å². The summed E-state index contributed by atoms with van der Waals surface area (Å²) in [5.41, 5.74) is -2.00. The normalized spacial score (nSPS) is 16.8. The molecule has 0 saturated carbocycles. The Labute approximate surface area is 481 Å². The van der Waals surface area contributed by atoms with Crippen molar-refractivity contribution in [2.75, 3.05) is 47.0 Å². The van der Waals surface area contributed by atoms with Gasteiger partial charge in [-0.05, 0) is 116 Å². The molecule has 1 N–H and O–H groups in total. The van der Waals surface area contributed by atoms with Crippen LogP contribution in [0.25, 0.3) is 0 Å². The van der Waals surface area contributed by atoms with Crippen molar-refractivity contribution in [1.82, 2.24) is 19.6 Å². The van der Waals surface area contributed by atoms with Gasteiger partial charge in [0.05, 0.1) is 43.0 Å². The van der Waals surface area contributed by atoms with E-state index < -0.39 is 58.3 Å². The maximum atomic E-state index is 14.3. The molecular formula is C62H64F8N4O10. The van der Waals surface area contributed by atoms with Gasteiger partial charge in [-0.25, -0.2) is 28.0 Å². The maximum absolute atomic E-state index is 14.3. The second-order valence-corrected chi connectivity index (χ2v) is 20.7. The molecule has 2 fully saturated rings. The molecule has 2 saturated heterocycles. The molecule has 0 radical (unpaired) electrons. The first kappa shape index (κ1) is 63.0. The van der Waals surface area contributed by atoms with Gasteiger partial charge in [0.1, 0.15) is 11.5 Å². The maximum Gasteiger partial charge on any atom is 0.416 e. The van der Waals surface area contributed by atoms with E-state index in [9.17, 15) is 59.4 Å². The summed E-state index contributed by atoms with van der Waals surface area (Å²) in [6.45, 7) is 6.66. The number of carboxylic acid groups (broad SMARTS) is 1. The van der Waals surface area contributed by atoms with E-state index in [0.29, 0.717) is 67.3 Å². The van der Waals surface area contributed by atoms with Crippen molar-refractivity contribution in [3.05, 3.63) is 191 Å². The van der Waals surface area contributed by atoms with Gasteiger partial charge in [-0.2, -0.15) is 26.3 Å². The highest BCUT2D eigenvalue weighted by Crippen LogP contribution is 2.33. The summed E-state index contributed by atoms with van der Waals surface area (Å²) in [5.74, 6) is -2.14. The highest BCUT2D eigenvalue weighted by Gasteiger charge is 2.40. The summed E-state index contributed by atoms with van der Waals surface area (Å²) in [5, 5.41) is 9.76. The van der Waals surface area contributed by atoms with Gasteiger partial charge in [-0.1, -0.05) is 72.8 Å². The summed E-state index contributed by atoms with van der Waals surface area (Å²) in [4.78, 5) is 56.5. The van der Waals surface area contributed by atoms with E-state index in [1.165, 1.54) is 67.6 Å². The van der Waals surface area contributed by atoms with Gasteiger partial charge in [0.15, 0.2) is 23.1 Å². The zero-order valence-electron chi connectivity index (χ0n) is 46.7. The average Bonchev–Trinajstić information content (AvgIpc) is 3.75. The van der Waals surface area contributed by atoms with Gasteiger partial charge in [0, 0.05) is 66.0 Å². The predicted molar refractivity (Wildman–Crippen MR) is 293 cm³/mol. The number of benzene rings is 6. The minimum absolute atomic E-state index is 0.0132. The van der Waals surface area contributed by atoms with Crippen molar-refractivity contribution in [1.29, 1.82) is 0 Å². The predicted octanol–water partition coefficient (Wildman–Crippen LogP) is 12.5. The van der Waals surface area contributed by atoms with E-state index in [-0.39, 0.29) is 68.2 Å². The number of rotatable bonds is 23. The number of urea groups is 2.